The summed E-state index contributed by atoms with van der Waals surface area (Å²) in [7, 11) is 1.69. The first kappa shape index (κ1) is 17.7. The predicted molar refractivity (Wildman–Crippen MR) is 109 cm³/mol. The molecular weight excluding hydrogens is 336 g/mol. The second-order valence-corrected chi connectivity index (χ2v) is 7.69. The maximum Gasteiger partial charge on any atom is 0.226 e. The van der Waals surface area contributed by atoms with Crippen molar-refractivity contribution in [3.8, 4) is 5.75 Å². The van der Waals surface area contributed by atoms with E-state index in [4.69, 9.17) is 4.74 Å². The van der Waals surface area contributed by atoms with Crippen LogP contribution in [0.25, 0.3) is 0 Å². The van der Waals surface area contributed by atoms with Gasteiger partial charge in [-0.2, -0.15) is 0 Å². The average Bonchev–Trinajstić information content (AvgIpc) is 3.17. The fraction of sp³-hybridized carbons (Fsp3) is 0.348. The van der Waals surface area contributed by atoms with E-state index in [2.05, 4.69) is 47.1 Å². The number of allylic oxidation sites excluding steroid dienone is 2. The Kier molecular flexibility index (Phi) is 4.65. The lowest BCUT2D eigenvalue weighted by Gasteiger charge is -2.37. The Labute approximate surface area is 160 Å². The summed E-state index contributed by atoms with van der Waals surface area (Å²) in [5.41, 5.74) is 4.56. The van der Waals surface area contributed by atoms with Crippen molar-refractivity contribution < 1.29 is 9.53 Å². The van der Waals surface area contributed by atoms with Gasteiger partial charge in [0, 0.05) is 23.2 Å². The van der Waals surface area contributed by atoms with Crippen LogP contribution in [0.3, 0.4) is 0 Å². The van der Waals surface area contributed by atoms with Crippen LogP contribution in [0.15, 0.2) is 54.6 Å². The molecule has 1 aliphatic carbocycles. The highest BCUT2D eigenvalue weighted by molar-refractivity contribution is 5.92. The van der Waals surface area contributed by atoms with Crippen molar-refractivity contribution in [2.75, 3.05) is 17.7 Å². The van der Waals surface area contributed by atoms with E-state index in [9.17, 15) is 4.79 Å². The van der Waals surface area contributed by atoms with Gasteiger partial charge < -0.3 is 15.4 Å². The smallest absolute Gasteiger partial charge is 0.226 e. The van der Waals surface area contributed by atoms with Gasteiger partial charge in [-0.05, 0) is 53.8 Å². The van der Waals surface area contributed by atoms with Crippen molar-refractivity contribution in [2.45, 2.75) is 32.2 Å². The van der Waals surface area contributed by atoms with Gasteiger partial charge in [0.2, 0.25) is 5.91 Å². The van der Waals surface area contributed by atoms with Crippen molar-refractivity contribution in [1.29, 1.82) is 0 Å². The molecule has 0 saturated carbocycles. The van der Waals surface area contributed by atoms with E-state index in [1.165, 1.54) is 11.1 Å². The Balaban J connectivity index is 1.64. The molecule has 1 heterocycles. The van der Waals surface area contributed by atoms with Crippen molar-refractivity contribution in [3.05, 3.63) is 65.7 Å². The number of hydrogen-bond acceptors (Lipinski definition) is 3. The lowest BCUT2D eigenvalue weighted by Crippen LogP contribution is -2.29. The Morgan fingerprint density at radius 3 is 2.67 bits per heavy atom. The van der Waals surface area contributed by atoms with Gasteiger partial charge in [0.15, 0.2) is 0 Å². The Bertz CT molecular complexity index is 870. The summed E-state index contributed by atoms with van der Waals surface area (Å²) in [6.07, 6.45) is 5.65. The second kappa shape index (κ2) is 7.10. The van der Waals surface area contributed by atoms with Crippen LogP contribution in [0.4, 0.5) is 11.4 Å². The number of fused-ring (bicyclic) bond motifs is 3. The molecule has 0 aromatic heterocycles. The fourth-order valence-electron chi connectivity index (χ4n) is 4.10. The van der Waals surface area contributed by atoms with Gasteiger partial charge in [-0.25, -0.2) is 0 Å². The number of carbonyl (C=O) groups is 1. The summed E-state index contributed by atoms with van der Waals surface area (Å²) in [6.45, 7) is 3.81. The lowest BCUT2D eigenvalue weighted by atomic mass is 9.77. The standard InChI is InChI=1S/C23H26N2O2/c1-14(2)23(26)24-16-9-12-21-20(13-16)18-5-4-6-19(18)22(25-21)15-7-10-17(27-3)11-8-15/h4-5,7-14,18-19,22,25H,6H2,1-3H3,(H,24,26). The maximum absolute atomic E-state index is 12.0. The van der Waals surface area contributed by atoms with Crippen LogP contribution in [0.5, 0.6) is 5.75 Å². The van der Waals surface area contributed by atoms with E-state index in [1.54, 1.807) is 7.11 Å². The minimum atomic E-state index is -0.0299. The number of ether oxygens (including phenoxy) is 1. The topological polar surface area (TPSA) is 50.4 Å². The average molecular weight is 362 g/mol. The van der Waals surface area contributed by atoms with E-state index >= 15 is 0 Å². The molecule has 140 valence electrons. The molecule has 2 aliphatic rings. The normalized spacial score (nSPS) is 22.7. The molecule has 4 nitrogen and oxygen atoms in total. The number of hydrogen-bond donors (Lipinski definition) is 2. The van der Waals surface area contributed by atoms with E-state index in [0.717, 1.165) is 23.5 Å². The molecule has 4 heteroatoms. The van der Waals surface area contributed by atoms with Crippen LogP contribution in [-0.2, 0) is 4.79 Å². The number of methoxy groups -OCH3 is 1. The number of nitrogens with one attached hydrogen (secondary N) is 2. The minimum absolute atomic E-state index is 0.0299. The summed E-state index contributed by atoms with van der Waals surface area (Å²) in [5, 5.41) is 6.75. The monoisotopic (exact) mass is 362 g/mol. The third-order valence-corrected chi connectivity index (χ3v) is 5.63. The van der Waals surface area contributed by atoms with Gasteiger partial charge in [0.1, 0.15) is 5.75 Å². The summed E-state index contributed by atoms with van der Waals surface area (Å²) in [6, 6.07) is 14.8. The van der Waals surface area contributed by atoms with Crippen LogP contribution >= 0.6 is 0 Å². The second-order valence-electron chi connectivity index (χ2n) is 7.69. The third kappa shape index (κ3) is 3.32. The van der Waals surface area contributed by atoms with E-state index in [-0.39, 0.29) is 17.9 Å². The first-order valence-electron chi connectivity index (χ1n) is 9.59. The van der Waals surface area contributed by atoms with Crippen LogP contribution < -0.4 is 15.4 Å². The molecule has 3 atom stereocenters. The number of rotatable bonds is 4. The molecular formula is C23H26N2O2. The van der Waals surface area contributed by atoms with Gasteiger partial charge >= 0.3 is 0 Å². The molecule has 0 radical (unpaired) electrons. The van der Waals surface area contributed by atoms with E-state index in [1.807, 2.05) is 32.0 Å². The first-order valence-corrected chi connectivity index (χ1v) is 9.59. The summed E-state index contributed by atoms with van der Waals surface area (Å²) < 4.78 is 5.29. The first-order chi connectivity index (χ1) is 13.1. The number of anilines is 2. The highest BCUT2D eigenvalue weighted by atomic mass is 16.5. The number of benzene rings is 2. The number of amides is 1. The Morgan fingerprint density at radius 2 is 1.96 bits per heavy atom. The van der Waals surface area contributed by atoms with E-state index in [0.29, 0.717) is 11.8 Å². The van der Waals surface area contributed by atoms with Gasteiger partial charge in [-0.15, -0.1) is 0 Å². The number of carbonyl (C=O) groups excluding carboxylic acids is 1. The van der Waals surface area contributed by atoms with Gasteiger partial charge in [0.25, 0.3) is 0 Å². The van der Waals surface area contributed by atoms with Crippen LogP contribution in [-0.4, -0.2) is 13.0 Å². The molecule has 27 heavy (non-hydrogen) atoms. The molecule has 4 rings (SSSR count). The Morgan fingerprint density at radius 1 is 1.19 bits per heavy atom. The quantitative estimate of drug-likeness (QED) is 0.743. The highest BCUT2D eigenvalue weighted by Gasteiger charge is 2.38. The zero-order valence-electron chi connectivity index (χ0n) is 16.0. The maximum atomic E-state index is 12.0. The minimum Gasteiger partial charge on any atom is -0.497 e. The molecule has 0 fully saturated rings. The molecule has 1 aliphatic heterocycles. The molecule has 1 amide bonds. The summed E-state index contributed by atoms with van der Waals surface area (Å²) in [4.78, 5) is 12.0. The van der Waals surface area contributed by atoms with Crippen LogP contribution in [0, 0.1) is 11.8 Å². The van der Waals surface area contributed by atoms with Crippen LogP contribution in [0.2, 0.25) is 0 Å². The summed E-state index contributed by atoms with van der Waals surface area (Å²) in [5.74, 6) is 1.74. The van der Waals surface area contributed by atoms with E-state index < -0.39 is 0 Å². The molecule has 0 bridgehead atoms. The largest absolute Gasteiger partial charge is 0.497 e. The molecule has 2 aromatic rings. The summed E-state index contributed by atoms with van der Waals surface area (Å²) >= 11 is 0. The third-order valence-electron chi connectivity index (χ3n) is 5.63. The molecule has 2 N–H and O–H groups in total. The lowest BCUT2D eigenvalue weighted by molar-refractivity contribution is -0.118. The van der Waals surface area contributed by atoms with Crippen molar-refractivity contribution in [3.63, 3.8) is 0 Å². The van der Waals surface area contributed by atoms with Gasteiger partial charge in [0.05, 0.1) is 13.2 Å². The van der Waals surface area contributed by atoms with Gasteiger partial charge in [-0.3, -0.25) is 4.79 Å². The highest BCUT2D eigenvalue weighted by Crippen LogP contribution is 2.50. The van der Waals surface area contributed by atoms with Crippen LogP contribution in [0.1, 0.15) is 43.4 Å². The Hall–Kier alpha value is -2.75. The molecule has 0 saturated heterocycles. The molecule has 2 aromatic carbocycles. The zero-order chi connectivity index (χ0) is 19.0. The predicted octanol–water partition coefficient (Wildman–Crippen LogP) is 5.12. The SMILES string of the molecule is COc1ccc(C2Nc3ccc(NC(=O)C(C)C)cc3C3C=CCC32)cc1. The van der Waals surface area contributed by atoms with Crippen molar-refractivity contribution in [2.24, 2.45) is 11.8 Å². The van der Waals surface area contributed by atoms with Crippen molar-refractivity contribution >= 4 is 17.3 Å². The fourth-order valence-corrected chi connectivity index (χ4v) is 4.10. The van der Waals surface area contributed by atoms with Gasteiger partial charge in [-0.1, -0.05) is 38.1 Å². The van der Waals surface area contributed by atoms with Crippen molar-refractivity contribution in [1.82, 2.24) is 0 Å². The molecule has 0 spiro atoms. The molecule has 3 unspecified atom stereocenters. The zero-order valence-corrected chi connectivity index (χ0v) is 16.0.